The van der Waals surface area contributed by atoms with Crippen molar-refractivity contribution < 1.29 is 19.2 Å². The normalized spacial score (nSPS) is 17.1. The van der Waals surface area contributed by atoms with Crippen molar-refractivity contribution in [1.82, 2.24) is 10.2 Å². The maximum atomic E-state index is 12.3. The number of carbonyl (C=O) groups is 4. The highest BCUT2D eigenvalue weighted by atomic mass is 33.1. The van der Waals surface area contributed by atoms with Crippen LogP contribution < -0.4 is 16.8 Å². The third-order valence-corrected chi connectivity index (χ3v) is 6.23. The van der Waals surface area contributed by atoms with E-state index in [4.69, 9.17) is 11.5 Å². The Morgan fingerprint density at radius 1 is 1.25 bits per heavy atom. The van der Waals surface area contributed by atoms with Crippen LogP contribution in [0, 0.1) is 0 Å². The summed E-state index contributed by atoms with van der Waals surface area (Å²) in [6.07, 6.45) is 2.14. The maximum Gasteiger partial charge on any atom is 0.254 e. The summed E-state index contributed by atoms with van der Waals surface area (Å²) in [7, 11) is 2.95. The molecule has 0 aromatic carbocycles. The van der Waals surface area contributed by atoms with E-state index in [1.807, 2.05) is 20.8 Å². The molecule has 1 heterocycles. The van der Waals surface area contributed by atoms with Crippen LogP contribution in [0.4, 0.5) is 0 Å². The second kappa shape index (κ2) is 8.54. The lowest BCUT2D eigenvalue weighted by molar-refractivity contribution is -0.145. The van der Waals surface area contributed by atoms with E-state index in [9.17, 15) is 19.2 Å². The van der Waals surface area contributed by atoms with Gasteiger partial charge in [-0.2, -0.15) is 0 Å². The molecule has 8 nitrogen and oxygen atoms in total. The first-order chi connectivity index (χ1) is 11.1. The fourth-order valence-electron chi connectivity index (χ4n) is 1.79. The first-order valence-corrected chi connectivity index (χ1v) is 9.54. The summed E-state index contributed by atoms with van der Waals surface area (Å²) >= 11 is 0. The van der Waals surface area contributed by atoms with Gasteiger partial charge < -0.3 is 16.8 Å². The van der Waals surface area contributed by atoms with E-state index in [0.29, 0.717) is 0 Å². The molecule has 0 aliphatic carbocycles. The molecule has 4 amide bonds. The summed E-state index contributed by atoms with van der Waals surface area (Å²) < 4.78 is -0.0171. The van der Waals surface area contributed by atoms with E-state index in [1.54, 1.807) is 10.8 Å². The number of nitrogens with one attached hydrogen (secondary N) is 1. The van der Waals surface area contributed by atoms with Gasteiger partial charge in [0.1, 0.15) is 12.1 Å². The van der Waals surface area contributed by atoms with Crippen LogP contribution in [0.15, 0.2) is 12.2 Å². The molecule has 0 aromatic rings. The standard InChI is InChI=1S/C14H22N4O4S2/c1-14(2,3)24-23-7-8(12(16)21)17-13(22)9(6-15)18-10(19)4-5-11(18)20/h4-5,8-9H,6-7,15H2,1-3H3,(H2,16,21)(H,17,22)/t8-,9-/m0/s1. The molecule has 0 bridgehead atoms. The molecular formula is C14H22N4O4S2. The predicted molar refractivity (Wildman–Crippen MR) is 94.8 cm³/mol. The lowest BCUT2D eigenvalue weighted by Crippen LogP contribution is -2.57. The van der Waals surface area contributed by atoms with Crippen LogP contribution in [0.1, 0.15) is 20.8 Å². The maximum absolute atomic E-state index is 12.3. The van der Waals surface area contributed by atoms with Gasteiger partial charge in [-0.15, -0.1) is 0 Å². The first kappa shape index (κ1) is 20.5. The molecule has 10 heteroatoms. The molecule has 24 heavy (non-hydrogen) atoms. The number of hydrogen-bond acceptors (Lipinski definition) is 7. The quantitative estimate of drug-likeness (QED) is 0.381. The van der Waals surface area contributed by atoms with E-state index < -0.39 is 35.7 Å². The van der Waals surface area contributed by atoms with Gasteiger partial charge in [0.25, 0.3) is 11.8 Å². The molecular weight excluding hydrogens is 352 g/mol. The van der Waals surface area contributed by atoms with E-state index in [0.717, 1.165) is 17.1 Å². The monoisotopic (exact) mass is 374 g/mol. The van der Waals surface area contributed by atoms with Gasteiger partial charge in [0, 0.05) is 29.2 Å². The fraction of sp³-hybridized carbons (Fsp3) is 0.571. The molecule has 0 spiro atoms. The number of primary amides is 1. The fourth-order valence-corrected chi connectivity index (χ4v) is 4.27. The lowest BCUT2D eigenvalue weighted by atomic mass is 10.2. The van der Waals surface area contributed by atoms with Crippen molar-refractivity contribution in [3.05, 3.63) is 12.2 Å². The largest absolute Gasteiger partial charge is 0.368 e. The summed E-state index contributed by atoms with van der Waals surface area (Å²) in [6.45, 7) is 5.81. The number of amides is 4. The van der Waals surface area contributed by atoms with Crippen molar-refractivity contribution in [2.75, 3.05) is 12.3 Å². The summed E-state index contributed by atoms with van der Waals surface area (Å²) in [5, 5.41) is 2.47. The highest BCUT2D eigenvalue weighted by Gasteiger charge is 2.36. The molecule has 0 aromatic heterocycles. The molecule has 1 rings (SSSR count). The molecule has 0 saturated carbocycles. The number of rotatable bonds is 8. The van der Waals surface area contributed by atoms with E-state index >= 15 is 0 Å². The second-order valence-electron chi connectivity index (χ2n) is 6.08. The van der Waals surface area contributed by atoms with Gasteiger partial charge in [0.15, 0.2) is 0 Å². The van der Waals surface area contributed by atoms with Gasteiger partial charge in [-0.05, 0) is 0 Å². The topological polar surface area (TPSA) is 136 Å². The zero-order valence-corrected chi connectivity index (χ0v) is 15.4. The Bertz CT molecular complexity index is 541. The van der Waals surface area contributed by atoms with Crippen molar-refractivity contribution in [2.45, 2.75) is 37.6 Å². The smallest absolute Gasteiger partial charge is 0.254 e. The number of imide groups is 1. The summed E-state index contributed by atoms with van der Waals surface area (Å²) in [5.74, 6) is -2.34. The highest BCUT2D eigenvalue weighted by Crippen LogP contribution is 2.35. The summed E-state index contributed by atoms with van der Waals surface area (Å²) in [6, 6.07) is -2.10. The van der Waals surface area contributed by atoms with Gasteiger partial charge in [0.05, 0.1) is 0 Å². The van der Waals surface area contributed by atoms with Crippen LogP contribution >= 0.6 is 21.6 Å². The average molecular weight is 374 g/mol. The Hall–Kier alpha value is -1.52. The SMILES string of the molecule is CC(C)(C)SSC[C@H](NC(=O)[C@H](CN)N1C(=O)C=CC1=O)C(N)=O. The van der Waals surface area contributed by atoms with Gasteiger partial charge in [-0.3, -0.25) is 24.1 Å². The Balaban J connectivity index is 2.71. The van der Waals surface area contributed by atoms with Crippen molar-refractivity contribution in [3.63, 3.8) is 0 Å². The van der Waals surface area contributed by atoms with Crippen molar-refractivity contribution in [3.8, 4) is 0 Å². The van der Waals surface area contributed by atoms with E-state index in [2.05, 4.69) is 5.32 Å². The molecule has 0 saturated heterocycles. The molecule has 2 atom stereocenters. The highest BCUT2D eigenvalue weighted by molar-refractivity contribution is 8.77. The minimum Gasteiger partial charge on any atom is -0.368 e. The molecule has 0 unspecified atom stereocenters. The van der Waals surface area contributed by atoms with Crippen molar-refractivity contribution in [2.24, 2.45) is 11.5 Å². The molecule has 1 aliphatic rings. The summed E-state index contributed by atoms with van der Waals surface area (Å²) in [5.41, 5.74) is 10.8. The van der Waals surface area contributed by atoms with E-state index in [-0.39, 0.29) is 17.0 Å². The third-order valence-electron chi connectivity index (χ3n) is 2.88. The van der Waals surface area contributed by atoms with Gasteiger partial charge in [0.2, 0.25) is 11.8 Å². The van der Waals surface area contributed by atoms with Gasteiger partial charge in [-0.25, -0.2) is 0 Å². The Morgan fingerprint density at radius 3 is 2.21 bits per heavy atom. The molecule has 1 aliphatic heterocycles. The first-order valence-electron chi connectivity index (χ1n) is 7.22. The number of carbonyl (C=O) groups excluding carboxylic acids is 4. The molecule has 0 fully saturated rings. The number of nitrogens with two attached hydrogens (primary N) is 2. The molecule has 0 radical (unpaired) electrons. The number of nitrogens with zero attached hydrogens (tertiary/aromatic N) is 1. The Labute approximate surface area is 148 Å². The zero-order chi connectivity index (χ0) is 18.5. The summed E-state index contributed by atoms with van der Waals surface area (Å²) in [4.78, 5) is 48.0. The molecule has 5 N–H and O–H groups in total. The zero-order valence-electron chi connectivity index (χ0n) is 13.8. The second-order valence-corrected chi connectivity index (χ2v) is 9.24. The van der Waals surface area contributed by atoms with Crippen molar-refractivity contribution in [1.29, 1.82) is 0 Å². The van der Waals surface area contributed by atoms with Crippen LogP contribution in [-0.2, 0) is 19.2 Å². The van der Waals surface area contributed by atoms with Crippen LogP contribution in [-0.4, -0.2) is 57.7 Å². The number of hydrogen-bond donors (Lipinski definition) is 3. The van der Waals surface area contributed by atoms with E-state index in [1.165, 1.54) is 10.8 Å². The average Bonchev–Trinajstić information content (AvgIpc) is 2.78. The minimum atomic E-state index is -1.18. The van der Waals surface area contributed by atoms with Crippen LogP contribution in [0.5, 0.6) is 0 Å². The molecule has 134 valence electrons. The Kier molecular flexibility index (Phi) is 7.30. The predicted octanol–water partition coefficient (Wildman–Crippen LogP) is -0.611. The van der Waals surface area contributed by atoms with Crippen LogP contribution in [0.2, 0.25) is 0 Å². The lowest BCUT2D eigenvalue weighted by Gasteiger charge is -2.26. The van der Waals surface area contributed by atoms with Crippen LogP contribution in [0.25, 0.3) is 0 Å². The van der Waals surface area contributed by atoms with Crippen LogP contribution in [0.3, 0.4) is 0 Å². The third kappa shape index (κ3) is 5.84. The Morgan fingerprint density at radius 2 is 1.79 bits per heavy atom. The van der Waals surface area contributed by atoms with Gasteiger partial charge >= 0.3 is 0 Å². The van der Waals surface area contributed by atoms with Crippen molar-refractivity contribution >= 4 is 45.2 Å². The minimum absolute atomic E-state index is 0.0171. The van der Waals surface area contributed by atoms with Gasteiger partial charge in [-0.1, -0.05) is 42.4 Å².